The van der Waals surface area contributed by atoms with E-state index >= 15 is 0 Å². The van der Waals surface area contributed by atoms with Gasteiger partial charge in [0.15, 0.2) is 6.54 Å². The summed E-state index contributed by atoms with van der Waals surface area (Å²) in [5.74, 6) is 0.753. The number of quaternary nitrogens is 2. The van der Waals surface area contributed by atoms with Gasteiger partial charge in [0.1, 0.15) is 35.5 Å². The molecule has 3 rings (SSSR count). The van der Waals surface area contributed by atoms with Crippen molar-refractivity contribution < 1.29 is 19.7 Å². The van der Waals surface area contributed by atoms with Crippen LogP contribution in [-0.4, -0.2) is 38.2 Å². The number of nitrogens with two attached hydrogens (primary N) is 1. The molecule has 1 aromatic heterocycles. The molecule has 2 heterocycles. The molecule has 0 aliphatic carbocycles. The molecule has 6 nitrogen and oxygen atoms in total. The van der Waals surface area contributed by atoms with Crippen molar-refractivity contribution in [1.82, 2.24) is 0 Å². The first-order valence-electron chi connectivity index (χ1n) is 10.3. The van der Waals surface area contributed by atoms with Gasteiger partial charge in [0.2, 0.25) is 0 Å². The van der Waals surface area contributed by atoms with Gasteiger partial charge < -0.3 is 20.3 Å². The second-order valence-electron chi connectivity index (χ2n) is 9.35. The minimum Gasteiger partial charge on any atom is -0.488 e. The number of fused-ring (bicyclic) bond motifs is 1. The van der Waals surface area contributed by atoms with Gasteiger partial charge in [0.05, 0.1) is 23.0 Å². The molecule has 0 fully saturated rings. The lowest BCUT2D eigenvalue weighted by molar-refractivity contribution is -0.871. The zero-order valence-corrected chi connectivity index (χ0v) is 19.3. The zero-order chi connectivity index (χ0) is 21.9. The smallest absolute Gasteiger partial charge is 0.280 e. The number of carbonyl (C=O) groups is 1. The summed E-state index contributed by atoms with van der Waals surface area (Å²) in [6.07, 6.45) is 0.822. The van der Waals surface area contributed by atoms with Gasteiger partial charge in [-0.15, -0.1) is 11.3 Å². The van der Waals surface area contributed by atoms with Crippen LogP contribution in [0.15, 0.2) is 30.3 Å². The van der Waals surface area contributed by atoms with Crippen LogP contribution in [0.5, 0.6) is 5.75 Å². The lowest BCUT2D eigenvalue weighted by atomic mass is 9.81. The Bertz CT molecular complexity index is 944. The monoisotopic (exact) mass is 428 g/mol. The summed E-state index contributed by atoms with van der Waals surface area (Å²) in [6, 6.07) is 12.0. The normalized spacial score (nSPS) is 17.5. The highest BCUT2D eigenvalue weighted by Crippen LogP contribution is 2.41. The zero-order valence-electron chi connectivity index (χ0n) is 18.5. The molecule has 1 amide bonds. The summed E-state index contributed by atoms with van der Waals surface area (Å²) < 4.78 is 5.71. The van der Waals surface area contributed by atoms with Crippen molar-refractivity contribution in [2.75, 3.05) is 32.1 Å². The van der Waals surface area contributed by atoms with E-state index in [0.717, 1.165) is 22.6 Å². The van der Waals surface area contributed by atoms with E-state index in [1.807, 2.05) is 37.4 Å². The third-order valence-corrected chi connectivity index (χ3v) is 6.83. The highest BCUT2D eigenvalue weighted by molar-refractivity contribution is 7.16. The minimum absolute atomic E-state index is 0.0214. The van der Waals surface area contributed by atoms with E-state index in [2.05, 4.69) is 44.4 Å². The first-order chi connectivity index (χ1) is 14.1. The van der Waals surface area contributed by atoms with E-state index in [4.69, 9.17) is 4.74 Å². The lowest BCUT2D eigenvalue weighted by Gasteiger charge is -2.38. The Kier molecular flexibility index (Phi) is 6.51. The number of nitriles is 1. The van der Waals surface area contributed by atoms with Gasteiger partial charge in [-0.2, -0.15) is 5.26 Å². The molecule has 0 bridgehead atoms. The van der Waals surface area contributed by atoms with Crippen LogP contribution in [0.2, 0.25) is 0 Å². The van der Waals surface area contributed by atoms with Gasteiger partial charge in [-0.05, 0) is 45.4 Å². The number of amides is 1. The van der Waals surface area contributed by atoms with Crippen LogP contribution < -0.4 is 20.3 Å². The molecule has 1 aliphatic heterocycles. The summed E-state index contributed by atoms with van der Waals surface area (Å²) in [7, 11) is 1.97. The molecule has 1 aromatic carbocycles. The Morgan fingerprint density at radius 2 is 2.00 bits per heavy atom. The van der Waals surface area contributed by atoms with Crippen LogP contribution in [0.3, 0.4) is 0 Å². The van der Waals surface area contributed by atoms with Crippen molar-refractivity contribution in [3.63, 3.8) is 0 Å². The number of ether oxygens (including phenoxy) is 1. The fourth-order valence-electron chi connectivity index (χ4n) is 4.30. The fourth-order valence-corrected chi connectivity index (χ4v) is 5.56. The number of anilines is 1. The highest BCUT2D eigenvalue weighted by atomic mass is 32.1. The predicted molar refractivity (Wildman–Crippen MR) is 119 cm³/mol. The quantitative estimate of drug-likeness (QED) is 0.621. The van der Waals surface area contributed by atoms with Crippen LogP contribution in [0.1, 0.15) is 43.7 Å². The molecule has 0 spiro atoms. The molecule has 0 radical (unpaired) electrons. The van der Waals surface area contributed by atoms with Crippen molar-refractivity contribution in [1.29, 1.82) is 5.26 Å². The molecule has 7 heteroatoms. The standard InChI is InChI=1S/C23H30N4O2S/c1-22(2)13-17-18(14-24)21(30-20(17)23(3,4)26-22)25-19(28)15-27(5)11-12-29-16-9-7-6-8-10-16/h6-10,26H,11-13,15H2,1-5H3,(H,25,28)/p+2. The molecular formula is C23H32N4O2S+2. The molecule has 0 saturated heterocycles. The Morgan fingerprint density at radius 3 is 2.67 bits per heavy atom. The number of para-hydroxylation sites is 1. The van der Waals surface area contributed by atoms with Crippen LogP contribution >= 0.6 is 11.3 Å². The summed E-state index contributed by atoms with van der Waals surface area (Å²) in [5.41, 5.74) is 1.62. The van der Waals surface area contributed by atoms with E-state index in [1.54, 1.807) is 11.3 Å². The summed E-state index contributed by atoms with van der Waals surface area (Å²) in [5, 5.41) is 15.8. The van der Waals surface area contributed by atoms with Gasteiger partial charge in [-0.1, -0.05) is 18.2 Å². The number of benzene rings is 1. The molecule has 1 aliphatic rings. The van der Waals surface area contributed by atoms with Crippen molar-refractivity contribution in [2.45, 2.75) is 45.2 Å². The highest BCUT2D eigenvalue weighted by Gasteiger charge is 2.44. The Labute approximate surface area is 182 Å². The Morgan fingerprint density at radius 1 is 1.30 bits per heavy atom. The first-order valence-corrected chi connectivity index (χ1v) is 11.2. The maximum absolute atomic E-state index is 12.6. The van der Waals surface area contributed by atoms with Gasteiger partial charge in [0.25, 0.3) is 5.91 Å². The molecule has 30 heavy (non-hydrogen) atoms. The van der Waals surface area contributed by atoms with Gasteiger partial charge >= 0.3 is 0 Å². The summed E-state index contributed by atoms with van der Waals surface area (Å²) in [4.78, 5) is 14.9. The Hall–Kier alpha value is -2.40. The van der Waals surface area contributed by atoms with Gasteiger partial charge in [-0.3, -0.25) is 4.79 Å². The second-order valence-corrected chi connectivity index (χ2v) is 10.4. The van der Waals surface area contributed by atoms with E-state index in [-0.39, 0.29) is 17.0 Å². The number of nitrogens with one attached hydrogen (secondary N) is 2. The molecule has 0 saturated carbocycles. The van der Waals surface area contributed by atoms with Crippen LogP contribution in [0.25, 0.3) is 0 Å². The predicted octanol–water partition coefficient (Wildman–Crippen LogP) is 1.29. The van der Waals surface area contributed by atoms with Crippen molar-refractivity contribution >= 4 is 22.2 Å². The summed E-state index contributed by atoms with van der Waals surface area (Å²) >= 11 is 1.55. The molecular weight excluding hydrogens is 396 g/mol. The maximum atomic E-state index is 12.6. The third-order valence-electron chi connectivity index (χ3n) is 5.34. The number of thiophene rings is 1. The summed E-state index contributed by atoms with van der Waals surface area (Å²) in [6.45, 7) is 10.3. The van der Waals surface area contributed by atoms with Crippen molar-refractivity contribution in [3.8, 4) is 11.8 Å². The largest absolute Gasteiger partial charge is 0.488 e. The molecule has 2 aromatic rings. The van der Waals surface area contributed by atoms with Gasteiger partial charge in [-0.25, -0.2) is 0 Å². The van der Waals surface area contributed by atoms with Crippen molar-refractivity contribution in [3.05, 3.63) is 46.3 Å². The topological polar surface area (TPSA) is 83.2 Å². The number of likely N-dealkylation sites (N-methyl/N-ethyl adjacent to an activating group) is 1. The number of hydrogen-bond donors (Lipinski definition) is 3. The number of carbonyl (C=O) groups excluding carboxylic acids is 1. The number of nitrogens with zero attached hydrogens (tertiary/aromatic N) is 1. The average molecular weight is 429 g/mol. The molecule has 160 valence electrons. The second kappa shape index (κ2) is 8.76. The maximum Gasteiger partial charge on any atom is 0.280 e. The van der Waals surface area contributed by atoms with Crippen LogP contribution in [0, 0.1) is 11.3 Å². The molecule has 4 N–H and O–H groups in total. The van der Waals surface area contributed by atoms with Crippen LogP contribution in [0.4, 0.5) is 5.00 Å². The van der Waals surface area contributed by atoms with Crippen molar-refractivity contribution in [2.24, 2.45) is 0 Å². The van der Waals surface area contributed by atoms with Crippen LogP contribution in [-0.2, 0) is 16.8 Å². The van der Waals surface area contributed by atoms with E-state index in [0.29, 0.717) is 30.3 Å². The van der Waals surface area contributed by atoms with Gasteiger partial charge in [0, 0.05) is 6.42 Å². The van der Waals surface area contributed by atoms with E-state index in [9.17, 15) is 10.1 Å². The molecule has 1 atom stereocenters. The number of rotatable bonds is 7. The Balaban J connectivity index is 1.62. The van der Waals surface area contributed by atoms with E-state index in [1.165, 1.54) is 4.88 Å². The minimum atomic E-state index is -0.118. The average Bonchev–Trinajstić information content (AvgIpc) is 2.98. The van der Waals surface area contributed by atoms with E-state index < -0.39 is 0 Å². The lowest BCUT2D eigenvalue weighted by Crippen LogP contribution is -3.10. The first kappa shape index (κ1) is 22.3. The SMILES string of the molecule is C[NH+](CCOc1ccccc1)CC(=O)Nc1sc2c(c1C#N)CC(C)(C)[NH2+]C2(C)C. The molecule has 1 unspecified atom stereocenters. The third kappa shape index (κ3) is 5.20. The fraction of sp³-hybridized carbons (Fsp3) is 0.478. The number of hydrogen-bond acceptors (Lipinski definition) is 4.